The van der Waals surface area contributed by atoms with Crippen LogP contribution in [-0.2, 0) is 30.2 Å². The molecule has 4 heterocycles. The molecule has 2 aromatic rings. The van der Waals surface area contributed by atoms with E-state index >= 15 is 0 Å². The Hall–Kier alpha value is -2.37. The minimum absolute atomic E-state index is 0.0314. The fraction of sp³-hybridized carbons (Fsp3) is 0.556. The largest absolute Gasteiger partial charge is 0.506 e. The van der Waals surface area contributed by atoms with Crippen LogP contribution in [0.5, 0.6) is 17.2 Å². The number of carbonyl (C=O) groups is 2. The Balaban J connectivity index is 1.51. The van der Waals surface area contributed by atoms with E-state index in [9.17, 15) is 14.7 Å². The summed E-state index contributed by atoms with van der Waals surface area (Å²) < 4.78 is 37.9. The highest BCUT2D eigenvalue weighted by Gasteiger charge is 2.81. The third kappa shape index (κ3) is 2.90. The number of benzene rings is 2. The Kier molecular flexibility index (Phi) is 4.87. The van der Waals surface area contributed by atoms with Gasteiger partial charge in [-0.15, -0.1) is 0 Å². The monoisotopic (exact) mass is 528 g/mol. The van der Waals surface area contributed by atoms with Gasteiger partial charge in [0.2, 0.25) is 0 Å². The van der Waals surface area contributed by atoms with Crippen LogP contribution in [-0.4, -0.2) is 65.9 Å². The number of hydrogen-bond acceptors (Lipinski definition) is 10. The molecule has 0 radical (unpaired) electrons. The Morgan fingerprint density at radius 1 is 1.27 bits per heavy atom. The minimum Gasteiger partial charge on any atom is -0.506 e. The number of ether oxygens (including phenoxy) is 6. The highest BCUT2D eigenvalue weighted by molar-refractivity contribution is 8.13. The highest BCUT2D eigenvalue weighted by atomic mass is 32.2. The van der Waals surface area contributed by atoms with E-state index in [0.29, 0.717) is 65.9 Å². The zero-order valence-electron chi connectivity index (χ0n) is 21.1. The predicted octanol–water partition coefficient (Wildman–Crippen LogP) is 3.72. The number of fused-ring (bicyclic) bond motifs is 7. The van der Waals surface area contributed by atoms with Gasteiger partial charge in [-0.2, -0.15) is 0 Å². The van der Waals surface area contributed by atoms with Crippen LogP contribution in [0.2, 0.25) is 0 Å². The molecule has 5 aliphatic rings. The molecule has 37 heavy (non-hydrogen) atoms. The number of hydrogen-bond donors (Lipinski definition) is 1. The molecule has 1 aliphatic carbocycles. The lowest BCUT2D eigenvalue weighted by molar-refractivity contribution is -0.320. The van der Waals surface area contributed by atoms with E-state index in [1.165, 1.54) is 6.92 Å². The number of ketones is 1. The van der Waals surface area contributed by atoms with Gasteiger partial charge in [-0.1, -0.05) is 11.8 Å². The van der Waals surface area contributed by atoms with E-state index < -0.39 is 29.4 Å². The molecule has 10 heteroatoms. The molecule has 2 bridgehead atoms. The molecule has 196 valence electrons. The summed E-state index contributed by atoms with van der Waals surface area (Å²) in [6.45, 7) is 3.85. The van der Waals surface area contributed by atoms with Crippen molar-refractivity contribution in [3.8, 4) is 17.2 Å². The van der Waals surface area contributed by atoms with Crippen LogP contribution in [0.25, 0.3) is 10.8 Å². The van der Waals surface area contributed by atoms with E-state index in [1.54, 1.807) is 14.2 Å². The van der Waals surface area contributed by atoms with Crippen molar-refractivity contribution in [3.63, 3.8) is 0 Å². The lowest BCUT2D eigenvalue weighted by Gasteiger charge is -2.49. The van der Waals surface area contributed by atoms with Gasteiger partial charge in [-0.25, -0.2) is 0 Å². The van der Waals surface area contributed by atoms with Gasteiger partial charge in [0.25, 0.3) is 5.79 Å². The lowest BCUT2D eigenvalue weighted by Crippen LogP contribution is -2.68. The van der Waals surface area contributed by atoms with Crippen molar-refractivity contribution in [2.45, 2.75) is 68.9 Å². The van der Waals surface area contributed by atoms with Crippen molar-refractivity contribution in [3.05, 3.63) is 28.3 Å². The topological polar surface area (TPSA) is 113 Å². The molecule has 3 unspecified atom stereocenters. The summed E-state index contributed by atoms with van der Waals surface area (Å²) in [5, 5.41) is 12.6. The third-order valence-corrected chi connectivity index (χ3v) is 9.48. The number of aryl methyl sites for hydroxylation is 1. The van der Waals surface area contributed by atoms with Crippen molar-refractivity contribution in [2.75, 3.05) is 26.6 Å². The zero-order valence-corrected chi connectivity index (χ0v) is 21.9. The quantitative estimate of drug-likeness (QED) is 0.589. The van der Waals surface area contributed by atoms with E-state index in [2.05, 4.69) is 0 Å². The van der Waals surface area contributed by atoms with Gasteiger partial charge in [0, 0.05) is 43.4 Å². The minimum atomic E-state index is -1.34. The van der Waals surface area contributed by atoms with Crippen LogP contribution in [0.3, 0.4) is 0 Å². The van der Waals surface area contributed by atoms with Crippen molar-refractivity contribution < 1.29 is 43.1 Å². The normalized spacial score (nSPS) is 34.8. The van der Waals surface area contributed by atoms with Gasteiger partial charge in [0.05, 0.1) is 30.4 Å². The molecule has 5 atom stereocenters. The Bertz CT molecular complexity index is 1400. The second-order valence-electron chi connectivity index (χ2n) is 10.6. The van der Waals surface area contributed by atoms with E-state index in [1.807, 2.05) is 13.0 Å². The van der Waals surface area contributed by atoms with Crippen LogP contribution in [0, 0.1) is 6.92 Å². The first-order chi connectivity index (χ1) is 17.7. The SMILES string of the molecule is COc1c2c(c(O)c3c4c(c(C)cc13)C1OC3(CSC(C)=O)C[C@]5(CO5)[C@](OC)(O4)C1O3)C(=O)CCC2. The number of carbonyl (C=O) groups excluding carboxylic acids is 2. The molecule has 0 saturated carbocycles. The van der Waals surface area contributed by atoms with Crippen LogP contribution >= 0.6 is 11.8 Å². The number of epoxide rings is 1. The smallest absolute Gasteiger partial charge is 0.271 e. The summed E-state index contributed by atoms with van der Waals surface area (Å²) in [5.41, 5.74) is 1.76. The fourth-order valence-corrected chi connectivity index (χ4v) is 7.57. The number of rotatable bonds is 4. The summed E-state index contributed by atoms with van der Waals surface area (Å²) in [5.74, 6) is -1.37. The molecular weight excluding hydrogens is 500 g/mol. The second-order valence-corrected chi connectivity index (χ2v) is 11.7. The molecule has 9 nitrogen and oxygen atoms in total. The molecule has 1 N–H and O–H groups in total. The Morgan fingerprint density at radius 2 is 2.05 bits per heavy atom. The zero-order chi connectivity index (χ0) is 25.9. The first-order valence-corrected chi connectivity index (χ1v) is 13.5. The standard InChI is InChI=1S/C27H28O9S/c1-12-8-15-19(20(30)18-14(21(15)31-3)6-5-7-16(18)29)22-17(12)23-24-27(32-4,35-22)25(10-33-25)9-26(34-23,36-24)11-37-13(2)28/h8,23-24,30H,5-7,9-11H2,1-4H3/t23?,24?,25-,26?,27+/m0/s1. The third-order valence-electron chi connectivity index (χ3n) is 8.49. The summed E-state index contributed by atoms with van der Waals surface area (Å²) in [7, 11) is 3.13. The second kappa shape index (κ2) is 7.60. The first kappa shape index (κ1) is 23.7. The fourth-order valence-electron chi connectivity index (χ4n) is 6.91. The van der Waals surface area contributed by atoms with E-state index in [-0.39, 0.29) is 16.6 Å². The van der Waals surface area contributed by atoms with Gasteiger partial charge >= 0.3 is 0 Å². The molecule has 3 saturated heterocycles. The summed E-state index contributed by atoms with van der Waals surface area (Å²) in [6.07, 6.45) is 0.780. The Labute approximate surface area is 217 Å². The molecule has 4 aliphatic heterocycles. The number of thioether (sulfide) groups is 1. The molecule has 3 fully saturated rings. The summed E-state index contributed by atoms with van der Waals surface area (Å²) >= 11 is 1.15. The molecule has 0 aromatic heterocycles. The number of phenols is 1. The van der Waals surface area contributed by atoms with Gasteiger partial charge in [0.15, 0.2) is 28.4 Å². The van der Waals surface area contributed by atoms with Crippen molar-refractivity contribution in [1.82, 2.24) is 0 Å². The van der Waals surface area contributed by atoms with Crippen LogP contribution in [0.1, 0.15) is 59.3 Å². The van der Waals surface area contributed by atoms with Gasteiger partial charge in [-0.3, -0.25) is 9.59 Å². The van der Waals surface area contributed by atoms with Gasteiger partial charge in [-0.05, 0) is 31.4 Å². The average molecular weight is 529 g/mol. The number of aromatic hydroxyl groups is 1. The summed E-state index contributed by atoms with van der Waals surface area (Å²) in [4.78, 5) is 24.8. The number of phenolic OH excluding ortho intramolecular Hbond substituents is 1. The molecule has 0 amide bonds. The van der Waals surface area contributed by atoms with Crippen molar-refractivity contribution in [2.24, 2.45) is 0 Å². The van der Waals surface area contributed by atoms with Crippen molar-refractivity contribution >= 4 is 33.4 Å². The molecule has 1 spiro atoms. The number of Topliss-reactive ketones (excluding diaryl/α,β-unsaturated/α-hetero) is 1. The number of methoxy groups -OCH3 is 2. The molecule has 2 aromatic carbocycles. The first-order valence-electron chi connectivity index (χ1n) is 12.5. The van der Waals surface area contributed by atoms with Crippen LogP contribution in [0.15, 0.2) is 6.07 Å². The van der Waals surface area contributed by atoms with Crippen LogP contribution < -0.4 is 9.47 Å². The van der Waals surface area contributed by atoms with Gasteiger partial charge < -0.3 is 33.5 Å². The van der Waals surface area contributed by atoms with Crippen molar-refractivity contribution in [1.29, 1.82) is 0 Å². The predicted molar refractivity (Wildman–Crippen MR) is 132 cm³/mol. The Morgan fingerprint density at radius 3 is 2.73 bits per heavy atom. The van der Waals surface area contributed by atoms with E-state index in [0.717, 1.165) is 28.5 Å². The van der Waals surface area contributed by atoms with E-state index in [4.69, 9.17) is 28.4 Å². The molecule has 7 rings (SSSR count). The highest BCUT2D eigenvalue weighted by Crippen LogP contribution is 2.67. The van der Waals surface area contributed by atoms with Gasteiger partial charge in [0.1, 0.15) is 23.4 Å². The van der Waals surface area contributed by atoms with Crippen LogP contribution in [0.4, 0.5) is 0 Å². The maximum Gasteiger partial charge on any atom is 0.271 e. The maximum absolute atomic E-state index is 13.0. The summed E-state index contributed by atoms with van der Waals surface area (Å²) in [6, 6.07) is 1.95. The average Bonchev–Trinajstić information content (AvgIpc) is 3.54. The lowest BCUT2D eigenvalue weighted by atomic mass is 9.79. The maximum atomic E-state index is 13.0. The molecular formula is C27H28O9S.